The molecular formula is C14H17F3N8S3. The number of hydrogen-bond acceptors (Lipinski definition) is 9. The highest BCUT2D eigenvalue weighted by molar-refractivity contribution is 7.98. The molecule has 0 unspecified atom stereocenters. The van der Waals surface area contributed by atoms with Crippen molar-refractivity contribution in [3.63, 3.8) is 0 Å². The van der Waals surface area contributed by atoms with Gasteiger partial charge in [0, 0.05) is 23.4 Å². The fourth-order valence-corrected chi connectivity index (χ4v) is 3.80. The summed E-state index contributed by atoms with van der Waals surface area (Å²) in [5.74, 6) is 4.89. The summed E-state index contributed by atoms with van der Waals surface area (Å²) in [6.07, 6.45) is 0.810. The van der Waals surface area contributed by atoms with Gasteiger partial charge in [0.05, 0.1) is 24.0 Å². The Bertz CT molecular complexity index is 811. The van der Waals surface area contributed by atoms with Crippen molar-refractivity contribution in [3.05, 3.63) is 11.1 Å². The van der Waals surface area contributed by atoms with Gasteiger partial charge in [0.15, 0.2) is 22.7 Å². The van der Waals surface area contributed by atoms with Gasteiger partial charge in [-0.25, -0.2) is 9.98 Å². The van der Waals surface area contributed by atoms with Gasteiger partial charge in [-0.2, -0.15) is 33.7 Å². The zero-order valence-corrected chi connectivity index (χ0v) is 16.9. The number of nitrogens with two attached hydrogens (primary N) is 1. The van der Waals surface area contributed by atoms with Crippen molar-refractivity contribution in [1.29, 1.82) is 0 Å². The number of nitrogens with one attached hydrogen (secondary N) is 3. The minimum Gasteiger partial charge on any atom is -0.370 e. The summed E-state index contributed by atoms with van der Waals surface area (Å²) in [6, 6.07) is 0. The lowest BCUT2D eigenvalue weighted by Gasteiger charge is -2.05. The number of thiazole rings is 1. The monoisotopic (exact) mass is 450 g/mol. The molecule has 5 N–H and O–H groups in total. The fourth-order valence-electron chi connectivity index (χ4n) is 1.73. The Morgan fingerprint density at radius 1 is 1.32 bits per heavy atom. The Kier molecular flexibility index (Phi) is 8.61. The Morgan fingerprint density at radius 2 is 2.07 bits per heavy atom. The van der Waals surface area contributed by atoms with Crippen molar-refractivity contribution >= 4 is 57.6 Å². The first kappa shape index (κ1) is 22.1. The van der Waals surface area contributed by atoms with E-state index in [1.807, 2.05) is 5.38 Å². The van der Waals surface area contributed by atoms with Gasteiger partial charge in [-0.05, 0) is 0 Å². The lowest BCUT2D eigenvalue weighted by Crippen LogP contribution is -2.25. The van der Waals surface area contributed by atoms with Crippen LogP contribution in [0.15, 0.2) is 10.4 Å². The molecule has 0 aliphatic heterocycles. The molecular weight excluding hydrogens is 433 g/mol. The van der Waals surface area contributed by atoms with E-state index in [4.69, 9.17) is 12.2 Å². The highest BCUT2D eigenvalue weighted by atomic mass is 32.2. The summed E-state index contributed by atoms with van der Waals surface area (Å²) >= 11 is 3.98. The number of aromatic nitrogens is 3. The van der Waals surface area contributed by atoms with E-state index in [1.54, 1.807) is 11.8 Å². The lowest BCUT2D eigenvalue weighted by molar-refractivity contribution is -0.118. The summed E-state index contributed by atoms with van der Waals surface area (Å²) < 4.78 is 44.6. The molecule has 0 saturated carbocycles. The number of halogens is 3. The van der Waals surface area contributed by atoms with Gasteiger partial charge in [-0.3, -0.25) is 0 Å². The van der Waals surface area contributed by atoms with Crippen LogP contribution in [0.1, 0.15) is 5.69 Å². The Hall–Kier alpha value is -2.24. The van der Waals surface area contributed by atoms with E-state index in [0.29, 0.717) is 35.6 Å². The van der Waals surface area contributed by atoms with Crippen LogP contribution in [-0.4, -0.2) is 51.3 Å². The topological polar surface area (TPSA) is 113 Å². The zero-order chi connectivity index (χ0) is 20.4. The molecule has 0 aliphatic carbocycles. The molecule has 0 saturated heterocycles. The van der Waals surface area contributed by atoms with Crippen LogP contribution in [0.5, 0.6) is 0 Å². The largest absolute Gasteiger partial charge is 0.408 e. The van der Waals surface area contributed by atoms with E-state index in [-0.39, 0.29) is 5.96 Å². The van der Waals surface area contributed by atoms with Crippen LogP contribution >= 0.6 is 34.8 Å². The molecule has 28 heavy (non-hydrogen) atoms. The second-order valence-corrected chi connectivity index (χ2v) is 7.58. The number of terminal acetylenes is 1. The van der Waals surface area contributed by atoms with Gasteiger partial charge in [0.25, 0.3) is 0 Å². The molecule has 0 fully saturated rings. The maximum absolute atomic E-state index is 12.1. The highest BCUT2D eigenvalue weighted by Crippen LogP contribution is 2.21. The molecule has 2 aromatic rings. The molecule has 14 heteroatoms. The first-order valence-electron chi connectivity index (χ1n) is 7.77. The second kappa shape index (κ2) is 10.9. The first-order chi connectivity index (χ1) is 13.4. The van der Waals surface area contributed by atoms with Gasteiger partial charge in [0.1, 0.15) is 6.54 Å². The number of alkyl halides is 3. The number of hydrogen-bond donors (Lipinski definition) is 4. The van der Waals surface area contributed by atoms with Gasteiger partial charge in [-0.1, -0.05) is 5.92 Å². The lowest BCUT2D eigenvalue weighted by atomic mass is 10.5. The van der Waals surface area contributed by atoms with Gasteiger partial charge in [0.2, 0.25) is 0 Å². The smallest absolute Gasteiger partial charge is 0.370 e. The third-order valence-electron chi connectivity index (χ3n) is 2.85. The molecule has 0 radical (unpaired) electrons. The molecule has 2 aromatic heterocycles. The Balaban J connectivity index is 1.68. The van der Waals surface area contributed by atoms with Crippen LogP contribution in [0.25, 0.3) is 0 Å². The predicted molar refractivity (Wildman–Crippen MR) is 110 cm³/mol. The maximum atomic E-state index is 12.1. The minimum atomic E-state index is -4.39. The summed E-state index contributed by atoms with van der Waals surface area (Å²) in [5, 5.41) is 10.9. The number of thioether (sulfide) groups is 1. The highest BCUT2D eigenvalue weighted by Gasteiger charge is 2.26. The van der Waals surface area contributed by atoms with Crippen molar-refractivity contribution < 1.29 is 13.2 Å². The third kappa shape index (κ3) is 8.19. The van der Waals surface area contributed by atoms with E-state index in [1.165, 1.54) is 11.3 Å². The molecule has 0 amide bonds. The average molecular weight is 451 g/mol. The fraction of sp³-hybridized carbons (Fsp3) is 0.429. The van der Waals surface area contributed by atoms with E-state index in [9.17, 15) is 13.2 Å². The first-order valence-corrected chi connectivity index (χ1v) is 10.5. The van der Waals surface area contributed by atoms with Gasteiger partial charge in [-0.15, -0.1) is 17.8 Å². The van der Waals surface area contributed by atoms with E-state index in [2.05, 4.69) is 40.6 Å². The molecule has 152 valence electrons. The van der Waals surface area contributed by atoms with Crippen LogP contribution in [0.3, 0.4) is 0 Å². The van der Waals surface area contributed by atoms with E-state index >= 15 is 0 Å². The minimum absolute atomic E-state index is 0.318. The second-order valence-electron chi connectivity index (χ2n) is 5.08. The van der Waals surface area contributed by atoms with Crippen LogP contribution in [0.2, 0.25) is 0 Å². The van der Waals surface area contributed by atoms with Crippen molar-refractivity contribution in [2.75, 3.05) is 41.3 Å². The molecule has 8 nitrogen and oxygen atoms in total. The van der Waals surface area contributed by atoms with Crippen molar-refractivity contribution in [3.8, 4) is 12.3 Å². The van der Waals surface area contributed by atoms with E-state index in [0.717, 1.165) is 23.2 Å². The number of aliphatic imine (C=N–C) groups is 1. The molecule has 0 spiro atoms. The van der Waals surface area contributed by atoms with Crippen molar-refractivity contribution in [2.45, 2.75) is 11.9 Å². The quantitative estimate of drug-likeness (QED) is 0.189. The SMILES string of the molecule is C#CCNc1nsnc1NCCSCc1csc(N/C(N)=N\CC(F)(F)F)n1. The van der Waals surface area contributed by atoms with Crippen LogP contribution < -0.4 is 21.7 Å². The summed E-state index contributed by atoms with van der Waals surface area (Å²) in [7, 11) is 0. The summed E-state index contributed by atoms with van der Waals surface area (Å²) in [6.45, 7) is -0.283. The summed E-state index contributed by atoms with van der Waals surface area (Å²) in [5.41, 5.74) is 6.22. The normalized spacial score (nSPS) is 11.9. The van der Waals surface area contributed by atoms with Gasteiger partial charge >= 0.3 is 6.18 Å². The maximum Gasteiger partial charge on any atom is 0.408 e. The number of nitrogens with zero attached hydrogens (tertiary/aromatic N) is 4. The Morgan fingerprint density at radius 3 is 2.79 bits per heavy atom. The molecule has 0 bridgehead atoms. The number of guanidine groups is 1. The molecule has 0 aliphatic rings. The molecule has 0 atom stereocenters. The van der Waals surface area contributed by atoms with E-state index < -0.39 is 12.7 Å². The molecule has 2 rings (SSSR count). The van der Waals surface area contributed by atoms with Gasteiger partial charge < -0.3 is 21.7 Å². The van der Waals surface area contributed by atoms with Crippen LogP contribution in [0, 0.1) is 12.3 Å². The predicted octanol–water partition coefficient (Wildman–Crippen LogP) is 2.67. The van der Waals surface area contributed by atoms with Crippen molar-refractivity contribution in [2.24, 2.45) is 10.7 Å². The molecule has 0 aromatic carbocycles. The Labute approximate surface area is 171 Å². The standard InChI is InChI=1S/C14H17F3N8S3/c1-2-3-19-10-11(25-28-24-10)20-4-5-26-6-9-7-27-13(22-9)23-12(18)21-8-14(15,16)17/h1,7H,3-6,8H2,(H,19,24)(H,20,25)(H3,18,21,22,23). The molecule has 2 heterocycles. The number of rotatable bonds is 10. The van der Waals surface area contributed by atoms with Crippen LogP contribution in [0.4, 0.5) is 29.9 Å². The zero-order valence-electron chi connectivity index (χ0n) is 14.4. The third-order valence-corrected chi connectivity index (χ3v) is 5.18. The van der Waals surface area contributed by atoms with Crippen molar-refractivity contribution in [1.82, 2.24) is 13.7 Å². The number of anilines is 3. The van der Waals surface area contributed by atoms with Crippen LogP contribution in [-0.2, 0) is 5.75 Å². The average Bonchev–Trinajstić information content (AvgIpc) is 3.26. The summed E-state index contributed by atoms with van der Waals surface area (Å²) in [4.78, 5) is 7.49.